The molecule has 4 heteroatoms. The molecule has 0 aromatic rings. The Bertz CT molecular complexity index is 255. The largest absolute Gasteiger partial charge is 0.378 e. The van der Waals surface area contributed by atoms with E-state index in [2.05, 4.69) is 5.32 Å². The average Bonchev–Trinajstić information content (AvgIpc) is 2.36. The van der Waals surface area contributed by atoms with Crippen LogP contribution in [0.5, 0.6) is 0 Å². The van der Waals surface area contributed by atoms with Crippen molar-refractivity contribution in [2.75, 3.05) is 13.2 Å². The van der Waals surface area contributed by atoms with Crippen molar-refractivity contribution < 1.29 is 9.53 Å². The summed E-state index contributed by atoms with van der Waals surface area (Å²) in [5, 5.41) is 2.92. The van der Waals surface area contributed by atoms with Gasteiger partial charge in [0.2, 0.25) is 5.91 Å². The van der Waals surface area contributed by atoms with Gasteiger partial charge < -0.3 is 15.8 Å². The van der Waals surface area contributed by atoms with E-state index in [0.717, 1.165) is 19.4 Å². The van der Waals surface area contributed by atoms with Crippen molar-refractivity contribution in [1.29, 1.82) is 0 Å². The van der Waals surface area contributed by atoms with Crippen LogP contribution < -0.4 is 11.1 Å². The van der Waals surface area contributed by atoms with Gasteiger partial charge in [0.15, 0.2) is 0 Å². The Kier molecular flexibility index (Phi) is 7.39. The van der Waals surface area contributed by atoms with Crippen LogP contribution >= 0.6 is 0 Å². The predicted octanol–water partition coefficient (Wildman–Crippen LogP) is 2.36. The minimum absolute atomic E-state index is 0.0937. The number of hydrogen-bond acceptors (Lipinski definition) is 3. The van der Waals surface area contributed by atoms with E-state index in [1.807, 2.05) is 13.8 Å². The highest BCUT2D eigenvalue weighted by molar-refractivity contribution is 5.75. The number of nitrogens with two attached hydrogens (primary N) is 1. The van der Waals surface area contributed by atoms with Crippen LogP contribution in [-0.4, -0.2) is 30.7 Å². The second-order valence-electron chi connectivity index (χ2n) is 6.32. The summed E-state index contributed by atoms with van der Waals surface area (Å²) < 4.78 is 5.81. The monoisotopic (exact) mass is 270 g/mol. The fraction of sp³-hybridized carbons (Fsp3) is 0.933. The van der Waals surface area contributed by atoms with Crippen LogP contribution in [0.4, 0.5) is 0 Å². The van der Waals surface area contributed by atoms with E-state index in [1.165, 1.54) is 32.1 Å². The number of hydrogen-bond donors (Lipinski definition) is 2. The molecule has 0 bridgehead atoms. The summed E-state index contributed by atoms with van der Waals surface area (Å²) in [7, 11) is 0. The van der Waals surface area contributed by atoms with Crippen LogP contribution in [0.3, 0.4) is 0 Å². The molecule has 0 aromatic heterocycles. The molecule has 0 heterocycles. The number of nitrogens with one attached hydrogen (secondary N) is 1. The molecule has 19 heavy (non-hydrogen) atoms. The molecule has 0 aromatic carbocycles. The first-order chi connectivity index (χ1) is 8.97. The summed E-state index contributed by atoms with van der Waals surface area (Å²) in [6.45, 7) is 5.35. The van der Waals surface area contributed by atoms with Crippen molar-refractivity contribution in [3.63, 3.8) is 0 Å². The Balaban J connectivity index is 1.93. The summed E-state index contributed by atoms with van der Waals surface area (Å²) in [6.07, 6.45) is 8.96. The molecule has 0 radical (unpaired) electrons. The molecular formula is C15H30N2O2. The molecular weight excluding hydrogens is 240 g/mol. The van der Waals surface area contributed by atoms with Gasteiger partial charge in [0.25, 0.3) is 0 Å². The molecule has 1 fully saturated rings. The SMILES string of the molecule is CC(C)(N)CCC(=O)NCCCOC1CCCCC1. The van der Waals surface area contributed by atoms with Gasteiger partial charge in [0.1, 0.15) is 0 Å². The van der Waals surface area contributed by atoms with E-state index in [-0.39, 0.29) is 11.4 Å². The quantitative estimate of drug-likeness (QED) is 0.665. The zero-order valence-electron chi connectivity index (χ0n) is 12.5. The number of ether oxygens (including phenoxy) is 1. The highest BCUT2D eigenvalue weighted by atomic mass is 16.5. The topological polar surface area (TPSA) is 64.4 Å². The molecule has 1 rings (SSSR count). The lowest BCUT2D eigenvalue weighted by atomic mass is 9.98. The first-order valence-corrected chi connectivity index (χ1v) is 7.64. The zero-order chi connectivity index (χ0) is 14.1. The number of rotatable bonds is 8. The maximum absolute atomic E-state index is 11.5. The molecule has 0 unspecified atom stereocenters. The van der Waals surface area contributed by atoms with Crippen molar-refractivity contribution in [1.82, 2.24) is 5.32 Å². The molecule has 1 amide bonds. The molecule has 1 saturated carbocycles. The van der Waals surface area contributed by atoms with Crippen LogP contribution in [0.1, 0.15) is 65.2 Å². The van der Waals surface area contributed by atoms with E-state index in [9.17, 15) is 4.79 Å². The normalized spacial score (nSPS) is 17.4. The van der Waals surface area contributed by atoms with Gasteiger partial charge in [0, 0.05) is 25.1 Å². The second-order valence-corrected chi connectivity index (χ2v) is 6.32. The summed E-state index contributed by atoms with van der Waals surface area (Å²) in [6, 6.07) is 0. The van der Waals surface area contributed by atoms with Gasteiger partial charge in [-0.1, -0.05) is 19.3 Å². The zero-order valence-corrected chi connectivity index (χ0v) is 12.5. The minimum Gasteiger partial charge on any atom is -0.378 e. The summed E-state index contributed by atoms with van der Waals surface area (Å²) in [5.74, 6) is 0.0937. The number of carbonyl (C=O) groups excluding carboxylic acids is 1. The third-order valence-electron chi connectivity index (χ3n) is 3.55. The van der Waals surface area contributed by atoms with Crippen molar-refractivity contribution in [3.05, 3.63) is 0 Å². The van der Waals surface area contributed by atoms with Crippen molar-refractivity contribution in [2.45, 2.75) is 76.9 Å². The maximum Gasteiger partial charge on any atom is 0.220 e. The van der Waals surface area contributed by atoms with E-state index < -0.39 is 0 Å². The predicted molar refractivity (Wildman–Crippen MR) is 78.0 cm³/mol. The van der Waals surface area contributed by atoms with E-state index in [0.29, 0.717) is 19.1 Å². The molecule has 0 saturated heterocycles. The standard InChI is InChI=1S/C15H30N2O2/c1-15(2,16)10-9-14(18)17-11-6-12-19-13-7-4-3-5-8-13/h13H,3-12,16H2,1-2H3,(H,17,18). The third-order valence-corrected chi connectivity index (χ3v) is 3.55. The number of amides is 1. The molecule has 3 N–H and O–H groups in total. The Labute approximate surface area is 117 Å². The van der Waals surface area contributed by atoms with Gasteiger partial charge in [-0.25, -0.2) is 0 Å². The van der Waals surface area contributed by atoms with Crippen LogP contribution in [0.15, 0.2) is 0 Å². The van der Waals surface area contributed by atoms with Crippen LogP contribution in [0.25, 0.3) is 0 Å². The van der Waals surface area contributed by atoms with Gasteiger partial charge in [-0.3, -0.25) is 4.79 Å². The van der Waals surface area contributed by atoms with Gasteiger partial charge in [-0.2, -0.15) is 0 Å². The average molecular weight is 270 g/mol. The second kappa shape index (κ2) is 8.54. The van der Waals surface area contributed by atoms with Gasteiger partial charge in [-0.05, 0) is 39.5 Å². The minimum atomic E-state index is -0.262. The lowest BCUT2D eigenvalue weighted by Crippen LogP contribution is -2.34. The lowest BCUT2D eigenvalue weighted by molar-refractivity contribution is -0.121. The summed E-state index contributed by atoms with van der Waals surface area (Å²) in [4.78, 5) is 11.5. The highest BCUT2D eigenvalue weighted by Crippen LogP contribution is 2.20. The Morgan fingerprint density at radius 1 is 1.32 bits per heavy atom. The van der Waals surface area contributed by atoms with Crippen molar-refractivity contribution in [2.24, 2.45) is 5.73 Å². The first-order valence-electron chi connectivity index (χ1n) is 7.64. The lowest BCUT2D eigenvalue weighted by Gasteiger charge is -2.22. The highest BCUT2D eigenvalue weighted by Gasteiger charge is 2.14. The van der Waals surface area contributed by atoms with Crippen LogP contribution in [0.2, 0.25) is 0 Å². The van der Waals surface area contributed by atoms with Crippen LogP contribution in [0, 0.1) is 0 Å². The fourth-order valence-corrected chi connectivity index (χ4v) is 2.31. The molecule has 112 valence electrons. The van der Waals surface area contributed by atoms with Crippen molar-refractivity contribution in [3.8, 4) is 0 Å². The molecule has 0 aliphatic heterocycles. The summed E-state index contributed by atoms with van der Waals surface area (Å²) in [5.41, 5.74) is 5.58. The molecule has 1 aliphatic rings. The molecule has 1 aliphatic carbocycles. The first kappa shape index (κ1) is 16.4. The maximum atomic E-state index is 11.5. The van der Waals surface area contributed by atoms with Gasteiger partial charge in [-0.15, -0.1) is 0 Å². The van der Waals surface area contributed by atoms with E-state index in [4.69, 9.17) is 10.5 Å². The van der Waals surface area contributed by atoms with E-state index >= 15 is 0 Å². The van der Waals surface area contributed by atoms with Gasteiger partial charge >= 0.3 is 0 Å². The van der Waals surface area contributed by atoms with E-state index in [1.54, 1.807) is 0 Å². The molecule has 0 spiro atoms. The van der Waals surface area contributed by atoms with Crippen molar-refractivity contribution >= 4 is 5.91 Å². The Morgan fingerprint density at radius 2 is 2.00 bits per heavy atom. The fourth-order valence-electron chi connectivity index (χ4n) is 2.31. The molecule has 4 nitrogen and oxygen atoms in total. The number of carbonyl (C=O) groups is 1. The molecule has 0 atom stereocenters. The summed E-state index contributed by atoms with van der Waals surface area (Å²) >= 11 is 0. The smallest absolute Gasteiger partial charge is 0.220 e. The third kappa shape index (κ3) is 9.00. The van der Waals surface area contributed by atoms with Gasteiger partial charge in [0.05, 0.1) is 6.10 Å². The van der Waals surface area contributed by atoms with Crippen LogP contribution in [-0.2, 0) is 9.53 Å². The Hall–Kier alpha value is -0.610. The Morgan fingerprint density at radius 3 is 2.63 bits per heavy atom.